The van der Waals surface area contributed by atoms with Crippen molar-refractivity contribution in [1.82, 2.24) is 19.7 Å². The Bertz CT molecular complexity index is 841. The van der Waals surface area contributed by atoms with Crippen molar-refractivity contribution in [2.24, 2.45) is 0 Å². The van der Waals surface area contributed by atoms with Crippen molar-refractivity contribution in [3.63, 3.8) is 0 Å². The number of hydrogen-bond acceptors (Lipinski definition) is 4. The second-order valence-corrected chi connectivity index (χ2v) is 7.05. The molecular formula is C17H19FN4O3. The number of carboxylic acid groups (broad SMARTS) is 1. The van der Waals surface area contributed by atoms with Gasteiger partial charge in [-0.25, -0.2) is 18.9 Å². The van der Waals surface area contributed by atoms with Gasteiger partial charge in [-0.1, -0.05) is 12.1 Å². The van der Waals surface area contributed by atoms with Gasteiger partial charge in [0.1, 0.15) is 18.2 Å². The van der Waals surface area contributed by atoms with Gasteiger partial charge in [-0.3, -0.25) is 4.79 Å². The summed E-state index contributed by atoms with van der Waals surface area (Å²) in [6.45, 7) is 5.74. The minimum Gasteiger partial charge on any atom is -0.480 e. The standard InChI is InChI=1S/C17H19FN4O3/c1-17(2,3)22-9-19-14(20-22)15(23)21-8-10-5-4-6-12(18)11(10)7-13(21)16(24)25/h4-6,9,13H,7-8H2,1-3H3,(H,24,25). The van der Waals surface area contributed by atoms with Crippen molar-refractivity contribution in [2.75, 3.05) is 0 Å². The summed E-state index contributed by atoms with van der Waals surface area (Å²) in [6, 6.07) is 3.38. The van der Waals surface area contributed by atoms with E-state index in [0.717, 1.165) is 0 Å². The lowest BCUT2D eigenvalue weighted by Crippen LogP contribution is -2.49. The molecule has 132 valence electrons. The maximum Gasteiger partial charge on any atom is 0.326 e. The van der Waals surface area contributed by atoms with Crippen LogP contribution in [0.25, 0.3) is 0 Å². The molecule has 1 atom stereocenters. The molecule has 1 N–H and O–H groups in total. The van der Waals surface area contributed by atoms with Crippen molar-refractivity contribution in [2.45, 2.75) is 45.3 Å². The number of halogens is 1. The second-order valence-electron chi connectivity index (χ2n) is 7.05. The topological polar surface area (TPSA) is 88.3 Å². The van der Waals surface area contributed by atoms with Crippen LogP contribution in [-0.4, -0.2) is 42.7 Å². The molecule has 1 aliphatic heterocycles. The first-order valence-corrected chi connectivity index (χ1v) is 7.90. The van der Waals surface area contributed by atoms with Crippen LogP contribution in [0.3, 0.4) is 0 Å². The van der Waals surface area contributed by atoms with Gasteiger partial charge in [0.25, 0.3) is 5.91 Å². The van der Waals surface area contributed by atoms with Crippen molar-refractivity contribution < 1.29 is 19.1 Å². The fraction of sp³-hybridized carbons (Fsp3) is 0.412. The minimum absolute atomic E-state index is 0.00690. The smallest absolute Gasteiger partial charge is 0.326 e. The largest absolute Gasteiger partial charge is 0.480 e. The monoisotopic (exact) mass is 346 g/mol. The van der Waals surface area contributed by atoms with E-state index in [9.17, 15) is 19.1 Å². The molecule has 2 aromatic rings. The average molecular weight is 346 g/mol. The highest BCUT2D eigenvalue weighted by atomic mass is 19.1. The molecule has 1 aromatic carbocycles. The second kappa shape index (κ2) is 5.94. The summed E-state index contributed by atoms with van der Waals surface area (Å²) >= 11 is 0. The maximum atomic E-state index is 14.0. The summed E-state index contributed by atoms with van der Waals surface area (Å²) in [4.78, 5) is 29.6. The number of aromatic nitrogens is 3. The highest BCUT2D eigenvalue weighted by Crippen LogP contribution is 2.27. The van der Waals surface area contributed by atoms with Gasteiger partial charge in [0.15, 0.2) is 0 Å². The van der Waals surface area contributed by atoms with E-state index in [1.807, 2.05) is 20.8 Å². The van der Waals surface area contributed by atoms with E-state index in [0.29, 0.717) is 11.1 Å². The van der Waals surface area contributed by atoms with Crippen LogP contribution < -0.4 is 0 Å². The van der Waals surface area contributed by atoms with Crippen LogP contribution in [0.15, 0.2) is 24.5 Å². The average Bonchev–Trinajstić information content (AvgIpc) is 3.03. The number of nitrogens with zero attached hydrogens (tertiary/aromatic N) is 4. The Balaban J connectivity index is 1.95. The lowest BCUT2D eigenvalue weighted by Gasteiger charge is -2.33. The van der Waals surface area contributed by atoms with Gasteiger partial charge in [0.05, 0.1) is 5.54 Å². The number of carboxylic acids is 1. The lowest BCUT2D eigenvalue weighted by atomic mass is 9.93. The number of rotatable bonds is 2. The first-order chi connectivity index (χ1) is 11.7. The fourth-order valence-corrected chi connectivity index (χ4v) is 2.82. The highest BCUT2D eigenvalue weighted by Gasteiger charge is 2.37. The molecule has 0 bridgehead atoms. The molecule has 7 nitrogen and oxygen atoms in total. The molecule has 0 aliphatic carbocycles. The molecule has 1 unspecified atom stereocenters. The van der Waals surface area contributed by atoms with Gasteiger partial charge in [-0.2, -0.15) is 0 Å². The zero-order valence-corrected chi connectivity index (χ0v) is 14.2. The van der Waals surface area contributed by atoms with Gasteiger partial charge >= 0.3 is 5.97 Å². The first kappa shape index (κ1) is 17.1. The molecule has 8 heteroatoms. The van der Waals surface area contributed by atoms with Crippen LogP contribution >= 0.6 is 0 Å². The Kier molecular flexibility index (Phi) is 4.06. The summed E-state index contributed by atoms with van der Waals surface area (Å²) < 4.78 is 15.5. The molecule has 0 radical (unpaired) electrons. The molecule has 1 aromatic heterocycles. The highest BCUT2D eigenvalue weighted by molar-refractivity contribution is 5.93. The zero-order chi connectivity index (χ0) is 18.4. The Morgan fingerprint density at radius 2 is 2.04 bits per heavy atom. The number of fused-ring (bicyclic) bond motifs is 1. The van der Waals surface area contributed by atoms with Crippen molar-refractivity contribution in [3.8, 4) is 0 Å². The van der Waals surface area contributed by atoms with Crippen LogP contribution in [0.4, 0.5) is 4.39 Å². The Hall–Kier alpha value is -2.77. The number of amides is 1. The summed E-state index contributed by atoms with van der Waals surface area (Å²) in [5, 5.41) is 13.7. The summed E-state index contributed by atoms with van der Waals surface area (Å²) in [5.74, 6) is -2.28. The van der Waals surface area contributed by atoms with Crippen LogP contribution in [0, 0.1) is 5.82 Å². The molecule has 2 heterocycles. The van der Waals surface area contributed by atoms with Gasteiger partial charge in [-0.05, 0) is 38.0 Å². The zero-order valence-electron chi connectivity index (χ0n) is 14.2. The predicted octanol–water partition coefficient (Wildman–Crippen LogP) is 1.82. The van der Waals surface area contributed by atoms with E-state index in [1.165, 1.54) is 17.3 Å². The van der Waals surface area contributed by atoms with Gasteiger partial charge in [-0.15, -0.1) is 5.10 Å². The Morgan fingerprint density at radius 1 is 1.32 bits per heavy atom. The van der Waals surface area contributed by atoms with E-state index >= 15 is 0 Å². The van der Waals surface area contributed by atoms with Crippen LogP contribution in [0.5, 0.6) is 0 Å². The number of carbonyl (C=O) groups is 2. The molecule has 25 heavy (non-hydrogen) atoms. The Labute approximate surface area is 144 Å². The molecule has 1 amide bonds. The van der Waals surface area contributed by atoms with Gasteiger partial charge < -0.3 is 10.0 Å². The van der Waals surface area contributed by atoms with Gasteiger partial charge in [0.2, 0.25) is 5.82 Å². The lowest BCUT2D eigenvalue weighted by molar-refractivity contribution is -0.142. The van der Waals surface area contributed by atoms with Crippen LogP contribution in [0.1, 0.15) is 42.5 Å². The van der Waals surface area contributed by atoms with Crippen molar-refractivity contribution in [1.29, 1.82) is 0 Å². The SMILES string of the molecule is CC(C)(C)n1cnc(C(=O)N2Cc3cccc(F)c3CC2C(=O)O)n1. The summed E-state index contributed by atoms with van der Waals surface area (Å²) in [6.07, 6.45) is 1.36. The summed E-state index contributed by atoms with van der Waals surface area (Å²) in [5.41, 5.74) is 0.586. The third kappa shape index (κ3) is 3.11. The molecule has 1 aliphatic rings. The van der Waals surface area contributed by atoms with Crippen molar-refractivity contribution >= 4 is 11.9 Å². The Morgan fingerprint density at radius 3 is 2.64 bits per heavy atom. The molecule has 0 saturated heterocycles. The van der Waals surface area contributed by atoms with E-state index in [1.54, 1.807) is 16.8 Å². The van der Waals surface area contributed by atoms with E-state index < -0.39 is 23.7 Å². The minimum atomic E-state index is -1.18. The number of hydrogen-bond donors (Lipinski definition) is 1. The summed E-state index contributed by atoms with van der Waals surface area (Å²) in [7, 11) is 0. The third-order valence-corrected chi connectivity index (χ3v) is 4.25. The van der Waals surface area contributed by atoms with Crippen LogP contribution in [0.2, 0.25) is 0 Å². The molecule has 0 fully saturated rings. The van der Waals surface area contributed by atoms with E-state index in [2.05, 4.69) is 10.1 Å². The van der Waals surface area contributed by atoms with Crippen LogP contribution in [-0.2, 0) is 23.3 Å². The molecular weight excluding hydrogens is 327 g/mol. The maximum absolute atomic E-state index is 14.0. The quantitative estimate of drug-likeness (QED) is 0.896. The number of benzene rings is 1. The normalized spacial score (nSPS) is 17.3. The third-order valence-electron chi connectivity index (χ3n) is 4.25. The predicted molar refractivity (Wildman–Crippen MR) is 86.4 cm³/mol. The molecule has 0 spiro atoms. The van der Waals surface area contributed by atoms with E-state index in [4.69, 9.17) is 0 Å². The van der Waals surface area contributed by atoms with E-state index in [-0.39, 0.29) is 24.3 Å². The first-order valence-electron chi connectivity index (χ1n) is 7.90. The van der Waals surface area contributed by atoms with Gasteiger partial charge in [0, 0.05) is 13.0 Å². The van der Waals surface area contributed by atoms with Crippen molar-refractivity contribution in [3.05, 3.63) is 47.3 Å². The molecule has 3 rings (SSSR count). The fourth-order valence-electron chi connectivity index (χ4n) is 2.82. The number of carbonyl (C=O) groups excluding carboxylic acids is 1. The number of aliphatic carboxylic acids is 1. The molecule has 0 saturated carbocycles.